The van der Waals surface area contributed by atoms with E-state index in [-0.39, 0.29) is 10.9 Å². The number of aryl methyl sites for hydroxylation is 1. The second-order valence-corrected chi connectivity index (χ2v) is 8.79. The Bertz CT molecular complexity index is 1270. The highest BCUT2D eigenvalue weighted by molar-refractivity contribution is 6.33. The molecule has 7 nitrogen and oxygen atoms in total. The summed E-state index contributed by atoms with van der Waals surface area (Å²) in [6, 6.07) is 18.4. The first-order valence-electron chi connectivity index (χ1n) is 10.9. The van der Waals surface area contributed by atoms with Crippen LogP contribution in [0.25, 0.3) is 0 Å². The molecule has 0 fully saturated rings. The van der Waals surface area contributed by atoms with E-state index in [1.54, 1.807) is 24.9 Å². The zero-order valence-electron chi connectivity index (χ0n) is 19.0. The van der Waals surface area contributed by atoms with Gasteiger partial charge in [0.15, 0.2) is 0 Å². The van der Waals surface area contributed by atoms with Crippen molar-refractivity contribution in [3.63, 3.8) is 0 Å². The predicted molar refractivity (Wildman–Crippen MR) is 136 cm³/mol. The van der Waals surface area contributed by atoms with Crippen LogP contribution in [0.15, 0.2) is 65.7 Å². The van der Waals surface area contributed by atoms with Gasteiger partial charge in [0.2, 0.25) is 6.17 Å². The first-order valence-corrected chi connectivity index (χ1v) is 11.2. The number of nitrogen functional groups attached to an aromatic ring is 2. The maximum Gasteiger partial charge on any atom is 0.267 e. The van der Waals surface area contributed by atoms with Crippen LogP contribution in [-0.2, 0) is 11.2 Å². The molecule has 1 aliphatic rings. The molecule has 0 saturated heterocycles. The van der Waals surface area contributed by atoms with Crippen LogP contribution >= 0.6 is 11.6 Å². The van der Waals surface area contributed by atoms with Crippen LogP contribution in [0.2, 0.25) is 5.02 Å². The minimum Gasteiger partial charge on any atom is -0.399 e. The smallest absolute Gasteiger partial charge is 0.267 e. The van der Waals surface area contributed by atoms with Crippen molar-refractivity contribution in [2.75, 3.05) is 25.1 Å². The van der Waals surface area contributed by atoms with E-state index in [1.807, 2.05) is 48.5 Å². The summed E-state index contributed by atoms with van der Waals surface area (Å²) in [6.45, 7) is 2.22. The molecule has 34 heavy (non-hydrogen) atoms. The Morgan fingerprint density at radius 3 is 2.53 bits per heavy atom. The van der Waals surface area contributed by atoms with Crippen molar-refractivity contribution in [1.82, 2.24) is 10.2 Å². The Morgan fingerprint density at radius 2 is 1.82 bits per heavy atom. The molecular weight excluding hydrogens is 450 g/mol. The molecule has 0 radical (unpaired) electrons. The molecule has 1 heterocycles. The van der Waals surface area contributed by atoms with E-state index in [2.05, 4.69) is 5.32 Å². The maximum atomic E-state index is 13.4. The van der Waals surface area contributed by atoms with Crippen molar-refractivity contribution in [2.45, 2.75) is 19.5 Å². The first kappa shape index (κ1) is 23.3. The largest absolute Gasteiger partial charge is 0.399 e. The average molecular weight is 476 g/mol. The monoisotopic (exact) mass is 475 g/mol. The molecule has 2 bridgehead atoms. The Morgan fingerprint density at radius 1 is 1.09 bits per heavy atom. The van der Waals surface area contributed by atoms with Crippen molar-refractivity contribution < 1.29 is 9.59 Å². The molecule has 1 unspecified atom stereocenters. The van der Waals surface area contributed by atoms with Crippen LogP contribution in [-0.4, -0.2) is 42.2 Å². The van der Waals surface area contributed by atoms with Gasteiger partial charge in [0.1, 0.15) is 0 Å². The lowest BCUT2D eigenvalue weighted by molar-refractivity contribution is -0.131. The van der Waals surface area contributed by atoms with E-state index in [0.29, 0.717) is 41.2 Å². The van der Waals surface area contributed by atoms with Crippen molar-refractivity contribution >= 4 is 40.5 Å². The summed E-state index contributed by atoms with van der Waals surface area (Å²) in [5.41, 5.74) is 17.3. The van der Waals surface area contributed by atoms with E-state index in [1.165, 1.54) is 6.07 Å². The van der Waals surface area contributed by atoms with Gasteiger partial charge < -0.3 is 21.7 Å². The molecule has 1 atom stereocenters. The molecule has 5 N–H and O–H groups in total. The molecule has 0 saturated carbocycles. The summed E-state index contributed by atoms with van der Waals surface area (Å²) in [7, 11) is 1.69. The number of anilines is 2. The second-order valence-electron chi connectivity index (χ2n) is 8.38. The van der Waals surface area contributed by atoms with Crippen LogP contribution in [0, 0.1) is 6.92 Å². The fraction of sp³-hybridized carbons (Fsp3) is 0.192. The lowest BCUT2D eigenvalue weighted by atomic mass is 9.97. The minimum absolute atomic E-state index is 0.278. The number of halogens is 1. The van der Waals surface area contributed by atoms with Crippen LogP contribution in [0.1, 0.15) is 32.6 Å². The van der Waals surface area contributed by atoms with Gasteiger partial charge in [-0.05, 0) is 54.8 Å². The molecule has 8 heteroatoms. The number of amides is 2. The van der Waals surface area contributed by atoms with Crippen LogP contribution in [0.4, 0.5) is 11.4 Å². The van der Waals surface area contributed by atoms with E-state index in [9.17, 15) is 9.59 Å². The molecule has 174 valence electrons. The highest BCUT2D eigenvalue weighted by Gasteiger charge is 2.27. The number of carbonyl (C=O) groups excluding carboxylic acids is 2. The number of nitrogens with zero attached hydrogens (tertiary/aromatic N) is 2. The SMILES string of the molecule is Cc1cc(C(=O)NC2/N=C(/c3ccccc3)c3cc(N)cc(c3)CCN(C)C2=O)cc(Cl)c1N. The molecule has 1 aliphatic heterocycles. The van der Waals surface area contributed by atoms with E-state index in [0.717, 1.165) is 16.7 Å². The number of benzene rings is 3. The van der Waals surface area contributed by atoms with Gasteiger partial charge in [-0.15, -0.1) is 0 Å². The van der Waals surface area contributed by atoms with Gasteiger partial charge >= 0.3 is 0 Å². The van der Waals surface area contributed by atoms with Gasteiger partial charge in [-0.2, -0.15) is 0 Å². The Balaban J connectivity index is 1.82. The number of likely N-dealkylation sites (N-methyl/N-ethyl adjacent to an activating group) is 1. The van der Waals surface area contributed by atoms with Crippen LogP contribution in [0.5, 0.6) is 0 Å². The van der Waals surface area contributed by atoms with Gasteiger partial charge in [0.25, 0.3) is 11.8 Å². The predicted octanol–water partition coefficient (Wildman–Crippen LogP) is 3.42. The number of carbonyl (C=O) groups is 2. The van der Waals surface area contributed by atoms with Crippen molar-refractivity contribution in [2.24, 2.45) is 4.99 Å². The fourth-order valence-electron chi connectivity index (χ4n) is 3.90. The van der Waals surface area contributed by atoms with Crippen LogP contribution in [0.3, 0.4) is 0 Å². The Labute approximate surface area is 203 Å². The molecular formula is C26H26ClN5O2. The number of fused-ring (bicyclic) bond motifs is 2. The molecule has 3 aromatic rings. The Kier molecular flexibility index (Phi) is 6.56. The quantitative estimate of drug-likeness (QED) is 0.503. The number of hydrogen-bond acceptors (Lipinski definition) is 5. The summed E-state index contributed by atoms with van der Waals surface area (Å²) in [4.78, 5) is 32.8. The van der Waals surface area contributed by atoms with Gasteiger partial charge in [-0.3, -0.25) is 9.59 Å². The molecule has 2 amide bonds. The zero-order valence-corrected chi connectivity index (χ0v) is 19.8. The Hall–Kier alpha value is -3.84. The van der Waals surface area contributed by atoms with Gasteiger partial charge in [0.05, 0.1) is 16.4 Å². The lowest BCUT2D eigenvalue weighted by Gasteiger charge is -2.25. The molecule has 0 spiro atoms. The van der Waals surface area contributed by atoms with Crippen LogP contribution < -0.4 is 16.8 Å². The molecule has 3 aromatic carbocycles. The topological polar surface area (TPSA) is 114 Å². The second kappa shape index (κ2) is 9.57. The van der Waals surface area contributed by atoms with Crippen molar-refractivity contribution in [1.29, 1.82) is 0 Å². The number of nitrogens with one attached hydrogen (secondary N) is 1. The summed E-state index contributed by atoms with van der Waals surface area (Å²) in [5.74, 6) is -0.795. The molecule has 4 rings (SSSR count). The normalized spacial score (nSPS) is 17.6. The van der Waals surface area contributed by atoms with Crippen molar-refractivity contribution in [3.8, 4) is 0 Å². The fourth-order valence-corrected chi connectivity index (χ4v) is 4.17. The van der Waals surface area contributed by atoms with E-state index in [4.69, 9.17) is 28.1 Å². The lowest BCUT2D eigenvalue weighted by Crippen LogP contribution is -2.47. The van der Waals surface area contributed by atoms with E-state index >= 15 is 0 Å². The zero-order chi connectivity index (χ0) is 24.4. The minimum atomic E-state index is -1.15. The first-order chi connectivity index (χ1) is 16.2. The van der Waals surface area contributed by atoms with Gasteiger partial charge in [-0.25, -0.2) is 4.99 Å². The average Bonchev–Trinajstić information content (AvgIpc) is 2.82. The summed E-state index contributed by atoms with van der Waals surface area (Å²) in [6.07, 6.45) is -0.525. The molecule has 0 aromatic heterocycles. The maximum absolute atomic E-state index is 13.4. The number of rotatable bonds is 3. The van der Waals surface area contributed by atoms with Gasteiger partial charge in [-0.1, -0.05) is 41.9 Å². The highest BCUT2D eigenvalue weighted by Crippen LogP contribution is 2.25. The third kappa shape index (κ3) is 4.89. The number of aliphatic imine (C=N–C) groups is 1. The summed E-state index contributed by atoms with van der Waals surface area (Å²) in [5, 5.41) is 3.06. The van der Waals surface area contributed by atoms with Gasteiger partial charge in [0, 0.05) is 36.0 Å². The molecule has 0 aliphatic carbocycles. The standard InChI is InChI=1S/C26H26ClN5O2/c1-15-10-19(14-21(27)22(15)29)25(33)31-24-26(34)32(2)9-8-16-11-18(13-20(28)12-16)23(30-24)17-6-4-3-5-7-17/h3-7,10-14,24H,8-9,28-29H2,1-2H3,(H,31,33)/b30-23-. The number of nitrogens with two attached hydrogens (primary N) is 2. The number of hydrogen-bond donors (Lipinski definition) is 3. The van der Waals surface area contributed by atoms with Crippen molar-refractivity contribution in [3.05, 3.63) is 93.5 Å². The third-order valence-corrected chi connectivity index (χ3v) is 6.12. The third-order valence-electron chi connectivity index (χ3n) is 5.81. The highest BCUT2D eigenvalue weighted by atomic mass is 35.5. The van der Waals surface area contributed by atoms with E-state index < -0.39 is 12.1 Å². The summed E-state index contributed by atoms with van der Waals surface area (Å²) < 4.78 is 0. The summed E-state index contributed by atoms with van der Waals surface area (Å²) >= 11 is 6.18.